The van der Waals surface area contributed by atoms with Gasteiger partial charge in [0.25, 0.3) is 5.56 Å². The van der Waals surface area contributed by atoms with Gasteiger partial charge >= 0.3 is 17.8 Å². The van der Waals surface area contributed by atoms with Gasteiger partial charge in [-0.2, -0.15) is 13.2 Å². The van der Waals surface area contributed by atoms with Gasteiger partial charge in [-0.15, -0.1) is 0 Å². The second kappa shape index (κ2) is 13.8. The van der Waals surface area contributed by atoms with Crippen LogP contribution in [0.15, 0.2) is 80.1 Å². The van der Waals surface area contributed by atoms with E-state index in [0.717, 1.165) is 10.6 Å². The average Bonchev–Trinajstić information content (AvgIpc) is 3.30. The SMILES string of the molecule is CCOC(=O)C1=C(C(F)(F)F)N=c2s/c(=C\c3cc(Br)c(OCc4ccc(Cl)cc4Cl)c([N+](=O)[O-])c3)c(=O)n2[C@@H]1c1ccc(Cl)cc1. The van der Waals surface area contributed by atoms with Gasteiger partial charge in [0.1, 0.15) is 6.61 Å². The van der Waals surface area contributed by atoms with Gasteiger partial charge in [-0.25, -0.2) is 9.79 Å². The fourth-order valence-corrected chi connectivity index (χ4v) is 6.87. The number of halogens is 7. The molecule has 1 atom stereocenters. The number of hydrogen-bond acceptors (Lipinski definition) is 8. The maximum absolute atomic E-state index is 14.3. The first-order chi connectivity index (χ1) is 22.2. The second-order valence-electron chi connectivity index (χ2n) is 9.75. The maximum atomic E-state index is 14.3. The van der Waals surface area contributed by atoms with Gasteiger partial charge in [-0.1, -0.05) is 64.3 Å². The van der Waals surface area contributed by atoms with Crippen molar-refractivity contribution in [3.8, 4) is 5.75 Å². The van der Waals surface area contributed by atoms with E-state index in [-0.39, 0.29) is 48.9 Å². The molecule has 47 heavy (non-hydrogen) atoms. The van der Waals surface area contributed by atoms with Gasteiger partial charge < -0.3 is 9.47 Å². The molecule has 0 radical (unpaired) electrons. The van der Waals surface area contributed by atoms with Gasteiger partial charge in [0.15, 0.2) is 10.5 Å². The van der Waals surface area contributed by atoms with Crippen molar-refractivity contribution in [3.05, 3.63) is 132 Å². The van der Waals surface area contributed by atoms with Crippen LogP contribution in [0.4, 0.5) is 18.9 Å². The van der Waals surface area contributed by atoms with Crippen LogP contribution in [0.5, 0.6) is 5.75 Å². The van der Waals surface area contributed by atoms with Crippen molar-refractivity contribution in [3.63, 3.8) is 0 Å². The Bertz CT molecular complexity index is 2140. The number of hydrogen-bond donors (Lipinski definition) is 0. The molecule has 0 bridgehead atoms. The number of rotatable bonds is 8. The summed E-state index contributed by atoms with van der Waals surface area (Å²) in [6.07, 6.45) is -3.82. The van der Waals surface area contributed by atoms with Crippen molar-refractivity contribution in [1.29, 1.82) is 0 Å². The Morgan fingerprint density at radius 2 is 1.81 bits per heavy atom. The zero-order valence-electron chi connectivity index (χ0n) is 23.6. The molecule has 0 N–H and O–H groups in total. The van der Waals surface area contributed by atoms with E-state index in [2.05, 4.69) is 20.9 Å². The van der Waals surface area contributed by atoms with Crippen LogP contribution < -0.4 is 19.6 Å². The first-order valence-corrected chi connectivity index (χ1v) is 16.0. The number of fused-ring (bicyclic) bond motifs is 1. The second-order valence-corrected chi connectivity index (χ2v) is 12.9. The molecule has 1 aliphatic heterocycles. The minimum Gasteiger partial charge on any atom is -0.481 e. The zero-order chi connectivity index (χ0) is 34.2. The number of ether oxygens (including phenoxy) is 2. The summed E-state index contributed by atoms with van der Waals surface area (Å²) in [7, 11) is 0. The molecule has 1 aromatic heterocycles. The Balaban J connectivity index is 1.66. The number of allylic oxidation sites excluding steroid dienone is 1. The minimum atomic E-state index is -5.08. The summed E-state index contributed by atoms with van der Waals surface area (Å²) in [5.74, 6) is -1.43. The highest BCUT2D eigenvalue weighted by molar-refractivity contribution is 9.10. The third kappa shape index (κ3) is 7.26. The molecule has 2 heterocycles. The van der Waals surface area contributed by atoms with Crippen LogP contribution in [-0.4, -0.2) is 28.2 Å². The highest BCUT2D eigenvalue weighted by Crippen LogP contribution is 2.40. The summed E-state index contributed by atoms with van der Waals surface area (Å²) in [6.45, 7) is 1.06. The van der Waals surface area contributed by atoms with Crippen molar-refractivity contribution < 1.29 is 32.4 Å². The molecule has 0 amide bonds. The predicted octanol–water partition coefficient (Wildman–Crippen LogP) is 7.55. The molecule has 9 nitrogen and oxygen atoms in total. The van der Waals surface area contributed by atoms with Crippen LogP contribution in [0.2, 0.25) is 15.1 Å². The molecule has 0 saturated carbocycles. The number of carbonyl (C=O) groups excluding carboxylic acids is 1. The van der Waals surface area contributed by atoms with E-state index in [4.69, 9.17) is 44.3 Å². The molecule has 0 fully saturated rings. The van der Waals surface area contributed by atoms with Crippen molar-refractivity contribution in [2.45, 2.75) is 25.7 Å². The molecule has 17 heteroatoms. The standard InChI is InChI=1S/C30H18BrCl3F3N3O6S/c1-2-45-28(42)23-24(15-3-6-17(32)7-4-15)39-27(41)22(47-29(39)38-26(23)30(35,36)37)11-14-9-19(31)25(21(10-14)40(43)44)46-13-16-5-8-18(33)12-20(16)34/h3-12,24H,2,13H2,1H3/b22-11-/t24-/m1/s1. The lowest BCUT2D eigenvalue weighted by Gasteiger charge is -2.26. The number of nitrogens with zero attached hydrogens (tertiary/aromatic N) is 3. The average molecular weight is 792 g/mol. The molecule has 0 unspecified atom stereocenters. The Labute approximate surface area is 290 Å². The van der Waals surface area contributed by atoms with Crippen LogP contribution in [0.1, 0.15) is 29.7 Å². The summed E-state index contributed by atoms with van der Waals surface area (Å²) in [6, 6.07) is 11.3. The summed E-state index contributed by atoms with van der Waals surface area (Å²) < 4.78 is 54.7. The van der Waals surface area contributed by atoms with E-state index < -0.39 is 45.6 Å². The van der Waals surface area contributed by atoms with Crippen molar-refractivity contribution >= 4 is 79.8 Å². The van der Waals surface area contributed by atoms with Crippen molar-refractivity contribution in [2.24, 2.45) is 4.99 Å². The monoisotopic (exact) mass is 789 g/mol. The van der Waals surface area contributed by atoms with Crippen LogP contribution in [0, 0.1) is 10.1 Å². The third-order valence-corrected chi connectivity index (χ3v) is 9.12. The Hall–Kier alpha value is -3.69. The number of nitro benzene ring substituents is 1. The number of carbonyl (C=O) groups is 1. The van der Waals surface area contributed by atoms with Crippen LogP contribution in [0.3, 0.4) is 0 Å². The largest absolute Gasteiger partial charge is 0.481 e. The smallest absolute Gasteiger partial charge is 0.434 e. The molecule has 244 valence electrons. The number of thiazole rings is 1. The van der Waals surface area contributed by atoms with Gasteiger partial charge in [0.2, 0.25) is 5.75 Å². The van der Waals surface area contributed by atoms with E-state index in [9.17, 15) is 32.9 Å². The molecule has 3 aromatic carbocycles. The molecule has 5 rings (SSSR count). The molecule has 0 spiro atoms. The topological polar surface area (TPSA) is 113 Å². The first kappa shape index (κ1) is 34.6. The number of aromatic nitrogens is 1. The highest BCUT2D eigenvalue weighted by atomic mass is 79.9. The molecular weight excluding hydrogens is 774 g/mol. The normalized spacial score (nSPS) is 14.9. The molecule has 4 aromatic rings. The van der Waals surface area contributed by atoms with E-state index in [1.165, 1.54) is 49.4 Å². The van der Waals surface area contributed by atoms with Crippen LogP contribution >= 0.6 is 62.1 Å². The first-order valence-electron chi connectivity index (χ1n) is 13.3. The number of nitro groups is 1. The Morgan fingerprint density at radius 3 is 2.43 bits per heavy atom. The van der Waals surface area contributed by atoms with Gasteiger partial charge in [0, 0.05) is 26.7 Å². The van der Waals surface area contributed by atoms with Crippen LogP contribution in [0.25, 0.3) is 6.08 Å². The van der Waals surface area contributed by atoms with E-state index >= 15 is 0 Å². The lowest BCUT2D eigenvalue weighted by Crippen LogP contribution is -2.41. The van der Waals surface area contributed by atoms with Gasteiger partial charge in [-0.3, -0.25) is 19.5 Å². The lowest BCUT2D eigenvalue weighted by molar-refractivity contribution is -0.386. The van der Waals surface area contributed by atoms with Crippen molar-refractivity contribution in [1.82, 2.24) is 4.57 Å². The number of benzene rings is 3. The van der Waals surface area contributed by atoms with E-state index in [1.54, 1.807) is 12.1 Å². The zero-order valence-corrected chi connectivity index (χ0v) is 28.3. The van der Waals surface area contributed by atoms with E-state index in [1.807, 2.05) is 0 Å². The molecule has 0 saturated heterocycles. The highest BCUT2D eigenvalue weighted by Gasteiger charge is 2.45. The lowest BCUT2D eigenvalue weighted by atomic mass is 9.95. The fourth-order valence-electron chi connectivity index (χ4n) is 4.70. The quantitative estimate of drug-likeness (QED) is 0.104. The number of alkyl halides is 3. The van der Waals surface area contributed by atoms with Crippen molar-refractivity contribution in [2.75, 3.05) is 6.61 Å². The number of esters is 1. The minimum absolute atomic E-state index is 0.114. The summed E-state index contributed by atoms with van der Waals surface area (Å²) in [4.78, 5) is 41.5. The van der Waals surface area contributed by atoms with Gasteiger partial charge in [0.05, 0.1) is 32.2 Å². The Kier molecular flexibility index (Phi) is 10.2. The Morgan fingerprint density at radius 1 is 1.13 bits per heavy atom. The summed E-state index contributed by atoms with van der Waals surface area (Å²) >= 11 is 22.0. The van der Waals surface area contributed by atoms with E-state index in [0.29, 0.717) is 26.9 Å². The summed E-state index contributed by atoms with van der Waals surface area (Å²) in [5.41, 5.74) is -2.85. The van der Waals surface area contributed by atoms with Crippen LogP contribution in [-0.2, 0) is 16.1 Å². The molecular formula is C30H18BrCl3F3N3O6S. The fraction of sp³-hybridized carbons (Fsp3) is 0.167. The summed E-state index contributed by atoms with van der Waals surface area (Å²) in [5, 5.41) is 13.0. The third-order valence-electron chi connectivity index (χ3n) is 6.71. The molecule has 0 aliphatic carbocycles. The predicted molar refractivity (Wildman–Crippen MR) is 174 cm³/mol. The maximum Gasteiger partial charge on any atom is 0.434 e. The van der Waals surface area contributed by atoms with Gasteiger partial charge in [-0.05, 0) is 70.4 Å². The molecule has 1 aliphatic rings.